The maximum absolute atomic E-state index is 12.6. The van der Waals surface area contributed by atoms with Gasteiger partial charge in [0.2, 0.25) is 11.8 Å². The molecule has 1 aromatic rings. The highest BCUT2D eigenvalue weighted by molar-refractivity contribution is 5.99. The van der Waals surface area contributed by atoms with Crippen LogP contribution in [0, 0.1) is 5.92 Å². The van der Waals surface area contributed by atoms with E-state index in [-0.39, 0.29) is 23.8 Å². The number of halogens is 3. The molecule has 0 aliphatic carbocycles. The lowest BCUT2D eigenvalue weighted by atomic mass is 9.99. The molecule has 7 heteroatoms. The average molecular weight is 356 g/mol. The number of nitrogens with zero attached hydrogens (tertiary/aromatic N) is 1. The summed E-state index contributed by atoms with van der Waals surface area (Å²) < 4.78 is 37.9. The quantitative estimate of drug-likeness (QED) is 0.873. The molecule has 1 aliphatic rings. The molecule has 0 spiro atoms. The minimum atomic E-state index is -4.40. The Labute approximate surface area is 145 Å². The van der Waals surface area contributed by atoms with E-state index in [2.05, 4.69) is 5.32 Å². The molecule has 1 fully saturated rings. The van der Waals surface area contributed by atoms with Gasteiger partial charge in [-0.3, -0.25) is 9.59 Å². The molecule has 138 valence electrons. The van der Waals surface area contributed by atoms with Gasteiger partial charge in [-0.1, -0.05) is 6.92 Å². The van der Waals surface area contributed by atoms with E-state index < -0.39 is 17.7 Å². The van der Waals surface area contributed by atoms with E-state index in [1.165, 1.54) is 17.0 Å². The zero-order valence-corrected chi connectivity index (χ0v) is 14.6. The number of amides is 2. The second-order valence-corrected chi connectivity index (χ2v) is 7.01. The van der Waals surface area contributed by atoms with Gasteiger partial charge in [-0.2, -0.15) is 13.2 Å². The van der Waals surface area contributed by atoms with Crippen molar-refractivity contribution in [3.8, 4) is 0 Å². The number of hydrogen-bond acceptors (Lipinski definition) is 2. The maximum atomic E-state index is 12.6. The highest BCUT2D eigenvalue weighted by atomic mass is 19.4. The molecular formula is C18H23F3N2O2. The Morgan fingerprint density at radius 1 is 1.24 bits per heavy atom. The first kappa shape index (κ1) is 19.3. The molecule has 1 atom stereocenters. The summed E-state index contributed by atoms with van der Waals surface area (Å²) in [4.78, 5) is 26.0. The van der Waals surface area contributed by atoms with E-state index in [0.29, 0.717) is 18.7 Å². The molecule has 1 heterocycles. The van der Waals surface area contributed by atoms with Crippen LogP contribution in [0.25, 0.3) is 0 Å². The Balaban J connectivity index is 2.01. The number of alkyl halides is 3. The summed E-state index contributed by atoms with van der Waals surface area (Å²) in [5, 5.41) is 2.90. The average Bonchev–Trinajstić information content (AvgIpc) is 2.87. The van der Waals surface area contributed by atoms with Crippen LogP contribution in [0.2, 0.25) is 0 Å². The monoisotopic (exact) mass is 356 g/mol. The number of anilines is 1. The van der Waals surface area contributed by atoms with E-state index in [1.54, 1.807) is 0 Å². The van der Waals surface area contributed by atoms with Crippen molar-refractivity contribution >= 4 is 17.5 Å². The molecule has 1 aliphatic heterocycles. The van der Waals surface area contributed by atoms with Crippen molar-refractivity contribution in [3.63, 3.8) is 0 Å². The number of carbonyl (C=O) groups excluding carboxylic acids is 2. The van der Waals surface area contributed by atoms with Crippen LogP contribution in [0.15, 0.2) is 24.3 Å². The van der Waals surface area contributed by atoms with Crippen LogP contribution in [0.1, 0.15) is 45.6 Å². The standard InChI is InChI=1S/C18H23F3N2O2/c1-4-17(2,3)22-15(24)11-12-9-10-23(16(12)25)14-7-5-13(6-8-14)18(19,20)21/h5-8,12H,4,9-11H2,1-3H3,(H,22,24). The van der Waals surface area contributed by atoms with Gasteiger partial charge in [0.05, 0.1) is 5.56 Å². The van der Waals surface area contributed by atoms with E-state index in [9.17, 15) is 22.8 Å². The second-order valence-electron chi connectivity index (χ2n) is 7.01. The fourth-order valence-corrected chi connectivity index (χ4v) is 2.76. The zero-order valence-electron chi connectivity index (χ0n) is 14.6. The van der Waals surface area contributed by atoms with Crippen molar-refractivity contribution in [1.82, 2.24) is 5.32 Å². The molecule has 1 N–H and O–H groups in total. The third kappa shape index (κ3) is 4.74. The highest BCUT2D eigenvalue weighted by Gasteiger charge is 2.35. The lowest BCUT2D eigenvalue weighted by Gasteiger charge is -2.25. The van der Waals surface area contributed by atoms with E-state index in [0.717, 1.165) is 18.6 Å². The lowest BCUT2D eigenvalue weighted by Crippen LogP contribution is -2.43. The van der Waals surface area contributed by atoms with Gasteiger partial charge >= 0.3 is 6.18 Å². The lowest BCUT2D eigenvalue weighted by molar-refractivity contribution is -0.137. The normalized spacial score (nSPS) is 18.6. The zero-order chi connectivity index (χ0) is 18.8. The molecule has 25 heavy (non-hydrogen) atoms. The molecule has 0 radical (unpaired) electrons. The molecule has 0 saturated carbocycles. The van der Waals surface area contributed by atoms with E-state index >= 15 is 0 Å². The molecular weight excluding hydrogens is 333 g/mol. The molecule has 2 rings (SSSR count). The Morgan fingerprint density at radius 3 is 2.36 bits per heavy atom. The third-order valence-electron chi connectivity index (χ3n) is 4.62. The summed E-state index contributed by atoms with van der Waals surface area (Å²) >= 11 is 0. The van der Waals surface area contributed by atoms with Gasteiger partial charge in [-0.25, -0.2) is 0 Å². The first-order chi connectivity index (χ1) is 11.5. The first-order valence-corrected chi connectivity index (χ1v) is 8.33. The van der Waals surface area contributed by atoms with Crippen LogP contribution in [0.5, 0.6) is 0 Å². The van der Waals surface area contributed by atoms with Crippen LogP contribution in [-0.4, -0.2) is 23.9 Å². The predicted octanol–water partition coefficient (Wildman–Crippen LogP) is 3.75. The highest BCUT2D eigenvalue weighted by Crippen LogP contribution is 2.32. The first-order valence-electron chi connectivity index (χ1n) is 8.33. The minimum absolute atomic E-state index is 0.0966. The SMILES string of the molecule is CCC(C)(C)NC(=O)CC1CCN(c2ccc(C(F)(F)F)cc2)C1=O. The van der Waals surface area contributed by atoms with Gasteiger partial charge in [0.15, 0.2) is 0 Å². The summed E-state index contributed by atoms with van der Waals surface area (Å²) in [7, 11) is 0. The summed E-state index contributed by atoms with van der Waals surface area (Å²) in [6.07, 6.45) is -3.02. The van der Waals surface area contributed by atoms with Crippen LogP contribution >= 0.6 is 0 Å². The van der Waals surface area contributed by atoms with E-state index in [1.807, 2.05) is 20.8 Å². The van der Waals surface area contributed by atoms with E-state index in [4.69, 9.17) is 0 Å². The predicted molar refractivity (Wildman–Crippen MR) is 89.0 cm³/mol. The van der Waals surface area contributed by atoms with Gasteiger partial charge in [0.25, 0.3) is 0 Å². The molecule has 1 saturated heterocycles. The molecule has 2 amide bonds. The number of nitrogens with one attached hydrogen (secondary N) is 1. The Kier molecular flexibility index (Phi) is 5.44. The second kappa shape index (κ2) is 7.06. The molecule has 0 aromatic heterocycles. The fraction of sp³-hybridized carbons (Fsp3) is 0.556. The molecule has 1 unspecified atom stereocenters. The summed E-state index contributed by atoms with van der Waals surface area (Å²) in [6.45, 7) is 6.19. The van der Waals surface area contributed by atoms with Crippen LogP contribution < -0.4 is 10.2 Å². The number of hydrogen-bond donors (Lipinski definition) is 1. The Bertz CT molecular complexity index is 639. The van der Waals surface area contributed by atoms with Gasteiger partial charge in [0, 0.05) is 30.1 Å². The minimum Gasteiger partial charge on any atom is -0.351 e. The smallest absolute Gasteiger partial charge is 0.351 e. The van der Waals surface area contributed by atoms with Crippen molar-refractivity contribution in [3.05, 3.63) is 29.8 Å². The van der Waals surface area contributed by atoms with Gasteiger partial charge < -0.3 is 10.2 Å². The largest absolute Gasteiger partial charge is 0.416 e. The fourth-order valence-electron chi connectivity index (χ4n) is 2.76. The van der Waals surface area contributed by atoms with Crippen molar-refractivity contribution in [2.45, 2.75) is 51.7 Å². The molecule has 1 aromatic carbocycles. The topological polar surface area (TPSA) is 49.4 Å². The number of rotatable bonds is 5. The Hall–Kier alpha value is -2.05. The summed E-state index contributed by atoms with van der Waals surface area (Å²) in [6, 6.07) is 4.52. The van der Waals surface area contributed by atoms with Gasteiger partial charge in [0.1, 0.15) is 0 Å². The van der Waals surface area contributed by atoms with Crippen molar-refractivity contribution in [2.24, 2.45) is 5.92 Å². The van der Waals surface area contributed by atoms with Crippen LogP contribution in [0.3, 0.4) is 0 Å². The Morgan fingerprint density at radius 2 is 1.84 bits per heavy atom. The van der Waals surface area contributed by atoms with Crippen molar-refractivity contribution in [1.29, 1.82) is 0 Å². The van der Waals surface area contributed by atoms with Crippen LogP contribution in [0.4, 0.5) is 18.9 Å². The van der Waals surface area contributed by atoms with Crippen molar-refractivity contribution < 1.29 is 22.8 Å². The van der Waals surface area contributed by atoms with Gasteiger partial charge in [-0.05, 0) is 51.0 Å². The number of carbonyl (C=O) groups is 2. The van der Waals surface area contributed by atoms with Gasteiger partial charge in [-0.15, -0.1) is 0 Å². The maximum Gasteiger partial charge on any atom is 0.416 e. The van der Waals surface area contributed by atoms with Crippen molar-refractivity contribution in [2.75, 3.05) is 11.4 Å². The summed E-state index contributed by atoms with van der Waals surface area (Å²) in [5.41, 5.74) is -0.651. The van der Waals surface area contributed by atoms with Crippen LogP contribution in [-0.2, 0) is 15.8 Å². The third-order valence-corrected chi connectivity index (χ3v) is 4.62. The molecule has 4 nitrogen and oxygen atoms in total. The summed E-state index contributed by atoms with van der Waals surface area (Å²) in [5.74, 6) is -0.835. The number of benzene rings is 1. The molecule has 0 bridgehead atoms.